The van der Waals surface area contributed by atoms with Gasteiger partial charge in [0.15, 0.2) is 0 Å². The predicted octanol–water partition coefficient (Wildman–Crippen LogP) is 1.97. The minimum absolute atomic E-state index is 0.00228. The zero-order chi connectivity index (χ0) is 16.4. The van der Waals surface area contributed by atoms with E-state index in [0.717, 1.165) is 30.5 Å². The largest absolute Gasteiger partial charge is 0.336 e. The summed E-state index contributed by atoms with van der Waals surface area (Å²) in [6, 6.07) is 0.456. The molecule has 4 aliphatic rings. The molecule has 24 heavy (non-hydrogen) atoms. The van der Waals surface area contributed by atoms with Crippen LogP contribution in [0.3, 0.4) is 0 Å². The van der Waals surface area contributed by atoms with Crippen LogP contribution in [-0.2, 0) is 17.6 Å². The normalized spacial score (nSPS) is 36.7. The molecule has 1 amide bonds. The first-order valence-corrected chi connectivity index (χ1v) is 9.54. The number of aromatic nitrogens is 2. The van der Waals surface area contributed by atoms with Crippen molar-refractivity contribution in [3.63, 3.8) is 0 Å². The molecule has 2 aliphatic carbocycles. The third-order valence-electron chi connectivity index (χ3n) is 6.90. The van der Waals surface area contributed by atoms with Crippen molar-refractivity contribution in [3.05, 3.63) is 27.4 Å². The highest BCUT2D eigenvalue weighted by Crippen LogP contribution is 2.57. The third-order valence-corrected chi connectivity index (χ3v) is 6.90. The fourth-order valence-corrected chi connectivity index (χ4v) is 5.76. The van der Waals surface area contributed by atoms with Crippen molar-refractivity contribution in [1.29, 1.82) is 0 Å². The summed E-state index contributed by atoms with van der Waals surface area (Å²) in [4.78, 5) is 35.2. The first-order valence-electron chi connectivity index (χ1n) is 9.54. The molecule has 1 aromatic heterocycles. The maximum atomic E-state index is 13.3. The van der Waals surface area contributed by atoms with Crippen LogP contribution >= 0.6 is 0 Å². The van der Waals surface area contributed by atoms with Crippen LogP contribution in [0, 0.1) is 24.7 Å². The molecule has 0 aromatic carbocycles. The number of aromatic amines is 1. The van der Waals surface area contributed by atoms with Crippen LogP contribution < -0.4 is 5.56 Å². The average molecular weight is 327 g/mol. The molecule has 5 heteroatoms. The van der Waals surface area contributed by atoms with E-state index in [1.807, 2.05) is 6.92 Å². The zero-order valence-corrected chi connectivity index (χ0v) is 14.3. The lowest BCUT2D eigenvalue weighted by molar-refractivity contribution is -0.136. The molecule has 3 heterocycles. The molecule has 2 aliphatic heterocycles. The zero-order valence-electron chi connectivity index (χ0n) is 14.3. The number of carbonyl (C=O) groups is 1. The van der Waals surface area contributed by atoms with Crippen molar-refractivity contribution in [2.75, 3.05) is 0 Å². The second-order valence-electron chi connectivity index (χ2n) is 8.25. The summed E-state index contributed by atoms with van der Waals surface area (Å²) in [5.41, 5.74) is 1.74. The molecule has 0 radical (unpaired) electrons. The molecule has 5 nitrogen and oxygen atoms in total. The van der Waals surface area contributed by atoms with E-state index in [0.29, 0.717) is 30.0 Å². The number of nitrogens with one attached hydrogen (secondary N) is 1. The molecule has 3 fully saturated rings. The molecule has 4 unspecified atom stereocenters. The number of hydrogen-bond donors (Lipinski definition) is 1. The lowest BCUT2D eigenvalue weighted by atomic mass is 9.98. The minimum atomic E-state index is -0.00228. The van der Waals surface area contributed by atoms with Crippen molar-refractivity contribution >= 4 is 5.91 Å². The number of carbonyl (C=O) groups excluding carboxylic acids is 1. The van der Waals surface area contributed by atoms with E-state index < -0.39 is 0 Å². The van der Waals surface area contributed by atoms with Crippen LogP contribution in [0.15, 0.2) is 4.79 Å². The highest BCUT2D eigenvalue weighted by atomic mass is 16.2. The summed E-state index contributed by atoms with van der Waals surface area (Å²) in [5.74, 6) is 2.66. The topological polar surface area (TPSA) is 66.1 Å². The molecule has 1 aromatic rings. The van der Waals surface area contributed by atoms with Gasteiger partial charge >= 0.3 is 0 Å². The lowest BCUT2D eigenvalue weighted by Gasteiger charge is -2.28. The Morgan fingerprint density at radius 1 is 1.08 bits per heavy atom. The molecule has 128 valence electrons. The quantitative estimate of drug-likeness (QED) is 0.857. The Bertz CT molecular complexity index is 743. The average Bonchev–Trinajstić information content (AvgIpc) is 3.18. The summed E-state index contributed by atoms with van der Waals surface area (Å²) in [5, 5.41) is 0. The number of amides is 1. The molecule has 1 N–H and O–H groups in total. The summed E-state index contributed by atoms with van der Waals surface area (Å²) >= 11 is 0. The fraction of sp³-hybridized carbons (Fsp3) is 0.737. The van der Waals surface area contributed by atoms with Crippen LogP contribution in [0.2, 0.25) is 0 Å². The first-order chi connectivity index (χ1) is 11.6. The molecule has 5 rings (SSSR count). The van der Waals surface area contributed by atoms with E-state index in [2.05, 4.69) is 14.9 Å². The van der Waals surface area contributed by atoms with Gasteiger partial charge in [-0.05, 0) is 44.4 Å². The Morgan fingerprint density at radius 3 is 2.46 bits per heavy atom. The van der Waals surface area contributed by atoms with Gasteiger partial charge in [0, 0.05) is 36.4 Å². The summed E-state index contributed by atoms with van der Waals surface area (Å²) in [7, 11) is 0. The summed E-state index contributed by atoms with van der Waals surface area (Å²) in [6.45, 7) is 1.84. The van der Waals surface area contributed by atoms with Crippen molar-refractivity contribution in [2.45, 2.75) is 70.4 Å². The van der Waals surface area contributed by atoms with Crippen molar-refractivity contribution in [2.24, 2.45) is 17.8 Å². The summed E-state index contributed by atoms with van der Waals surface area (Å²) < 4.78 is 0. The van der Waals surface area contributed by atoms with E-state index >= 15 is 0 Å². The molecular formula is C19H25N3O2. The standard InChI is InChI=1S/C19H25N3O2/c1-10-20-16-9-12-7-6-11(8-15(16)18(23)21-10)22(12)19(24)17-13-4-2-3-5-14(13)17/h11-14,17H,2-9H2,1H3,(H,20,21,23). The Kier molecular flexibility index (Phi) is 3.16. The van der Waals surface area contributed by atoms with Gasteiger partial charge in [0.1, 0.15) is 5.82 Å². The van der Waals surface area contributed by atoms with E-state index in [4.69, 9.17) is 0 Å². The molecular weight excluding hydrogens is 302 g/mol. The van der Waals surface area contributed by atoms with Gasteiger partial charge in [-0.2, -0.15) is 0 Å². The Morgan fingerprint density at radius 2 is 1.75 bits per heavy atom. The van der Waals surface area contributed by atoms with Crippen LogP contribution in [0.4, 0.5) is 0 Å². The second-order valence-corrected chi connectivity index (χ2v) is 8.25. The van der Waals surface area contributed by atoms with Crippen molar-refractivity contribution < 1.29 is 4.79 Å². The minimum Gasteiger partial charge on any atom is -0.336 e. The number of nitrogens with zero attached hydrogens (tertiary/aromatic N) is 2. The third kappa shape index (κ3) is 2.09. The highest BCUT2D eigenvalue weighted by Gasteiger charge is 2.57. The van der Waals surface area contributed by atoms with Gasteiger partial charge in [-0.25, -0.2) is 4.98 Å². The number of rotatable bonds is 1. The van der Waals surface area contributed by atoms with E-state index in [1.165, 1.54) is 25.7 Å². The van der Waals surface area contributed by atoms with Gasteiger partial charge in [0.25, 0.3) is 5.56 Å². The van der Waals surface area contributed by atoms with Gasteiger partial charge in [0.05, 0.1) is 5.69 Å². The highest BCUT2D eigenvalue weighted by molar-refractivity contribution is 5.83. The molecule has 0 spiro atoms. The smallest absolute Gasteiger partial charge is 0.254 e. The van der Waals surface area contributed by atoms with Gasteiger partial charge in [-0.3, -0.25) is 9.59 Å². The van der Waals surface area contributed by atoms with Gasteiger partial charge in [0.2, 0.25) is 5.91 Å². The number of hydrogen-bond acceptors (Lipinski definition) is 3. The van der Waals surface area contributed by atoms with Crippen LogP contribution in [-0.4, -0.2) is 32.9 Å². The SMILES string of the molecule is Cc1nc2c(c(=O)[nH]1)CC1CCC(C2)N1C(=O)C1C2CCCCC21. The predicted molar refractivity (Wildman–Crippen MR) is 89.6 cm³/mol. The Hall–Kier alpha value is -1.65. The van der Waals surface area contributed by atoms with E-state index in [1.54, 1.807) is 0 Å². The van der Waals surface area contributed by atoms with Gasteiger partial charge in [-0.15, -0.1) is 0 Å². The molecule has 1 saturated heterocycles. The molecule has 2 bridgehead atoms. The number of aryl methyl sites for hydroxylation is 1. The second kappa shape index (κ2) is 5.17. The lowest BCUT2D eigenvalue weighted by Crippen LogP contribution is -2.43. The van der Waals surface area contributed by atoms with E-state index in [9.17, 15) is 9.59 Å². The monoisotopic (exact) mass is 327 g/mol. The van der Waals surface area contributed by atoms with Crippen LogP contribution in [0.25, 0.3) is 0 Å². The van der Waals surface area contributed by atoms with Gasteiger partial charge in [-0.1, -0.05) is 12.8 Å². The van der Waals surface area contributed by atoms with Crippen LogP contribution in [0.1, 0.15) is 55.6 Å². The molecule has 2 saturated carbocycles. The van der Waals surface area contributed by atoms with Crippen molar-refractivity contribution in [3.8, 4) is 0 Å². The van der Waals surface area contributed by atoms with E-state index in [-0.39, 0.29) is 23.6 Å². The first kappa shape index (κ1) is 14.7. The molecule has 4 atom stereocenters. The van der Waals surface area contributed by atoms with Gasteiger partial charge < -0.3 is 9.88 Å². The van der Waals surface area contributed by atoms with Crippen LogP contribution in [0.5, 0.6) is 0 Å². The number of fused-ring (bicyclic) bond motifs is 4. The number of H-pyrrole nitrogens is 1. The Balaban J connectivity index is 1.44. The fourth-order valence-electron chi connectivity index (χ4n) is 5.76. The summed E-state index contributed by atoms with van der Waals surface area (Å²) in [6.07, 6.45) is 8.60. The van der Waals surface area contributed by atoms with Crippen molar-refractivity contribution in [1.82, 2.24) is 14.9 Å². The maximum Gasteiger partial charge on any atom is 0.254 e. The Labute approximate surface area is 141 Å². The maximum absolute atomic E-state index is 13.3.